The maximum atomic E-state index is 12.6. The molecule has 8 nitrogen and oxygen atoms in total. The quantitative estimate of drug-likeness (QED) is 0.606. The summed E-state index contributed by atoms with van der Waals surface area (Å²) in [6.07, 6.45) is 0. The first kappa shape index (κ1) is 19.3. The molecule has 0 bridgehead atoms. The van der Waals surface area contributed by atoms with Gasteiger partial charge < -0.3 is 19.0 Å². The van der Waals surface area contributed by atoms with E-state index in [1.807, 2.05) is 0 Å². The number of methoxy groups -OCH3 is 1. The Labute approximate surface area is 161 Å². The Bertz CT molecular complexity index is 1090. The van der Waals surface area contributed by atoms with E-state index in [1.165, 1.54) is 19.2 Å². The van der Waals surface area contributed by atoms with Crippen LogP contribution in [0.3, 0.4) is 0 Å². The van der Waals surface area contributed by atoms with Gasteiger partial charge in [-0.1, -0.05) is 18.2 Å². The Morgan fingerprint density at radius 2 is 1.71 bits per heavy atom. The molecule has 28 heavy (non-hydrogen) atoms. The number of carbonyl (C=O) groups is 1. The van der Waals surface area contributed by atoms with Crippen LogP contribution >= 0.6 is 0 Å². The van der Waals surface area contributed by atoms with E-state index in [2.05, 4.69) is 4.72 Å². The van der Waals surface area contributed by atoms with Crippen molar-refractivity contribution in [3.63, 3.8) is 0 Å². The zero-order valence-electron chi connectivity index (χ0n) is 15.0. The molecule has 9 heteroatoms. The van der Waals surface area contributed by atoms with Crippen molar-refractivity contribution in [3.8, 4) is 28.6 Å². The first-order chi connectivity index (χ1) is 13.3. The van der Waals surface area contributed by atoms with Crippen molar-refractivity contribution in [1.82, 2.24) is 0 Å². The molecule has 146 valence electrons. The Morgan fingerprint density at radius 3 is 2.29 bits per heavy atom. The summed E-state index contributed by atoms with van der Waals surface area (Å²) < 4.78 is 42.9. The fourth-order valence-corrected chi connectivity index (χ4v) is 3.44. The van der Waals surface area contributed by atoms with Gasteiger partial charge in [0.1, 0.15) is 5.75 Å². The number of esters is 1. The van der Waals surface area contributed by atoms with Gasteiger partial charge in [-0.2, -0.15) is 0 Å². The molecule has 0 radical (unpaired) electrons. The number of benzene rings is 2. The molecule has 0 atom stereocenters. The highest BCUT2D eigenvalue weighted by atomic mass is 32.2. The molecule has 0 spiro atoms. The summed E-state index contributed by atoms with van der Waals surface area (Å²) in [5.41, 5.74) is 0.428. The number of hydrogen-bond acceptors (Lipinski definition) is 7. The molecule has 0 aliphatic carbocycles. The lowest BCUT2D eigenvalue weighted by molar-refractivity contribution is -0.131. The maximum Gasteiger partial charge on any atom is 0.308 e. The molecule has 3 aromatic rings. The standard InChI is InChI=1S/C19H17NO7S/c1-12(21)26-18-16(22)17(13-8-10-14(25-2)11-9-13)27-19(18)20-28(23,24)15-6-4-3-5-7-15/h3-11,20,22H,1-2H3. The molecule has 1 heterocycles. The van der Waals surface area contributed by atoms with Crippen molar-refractivity contribution in [2.45, 2.75) is 11.8 Å². The third-order valence-electron chi connectivity index (χ3n) is 3.72. The van der Waals surface area contributed by atoms with Crippen LogP contribution in [0.2, 0.25) is 0 Å². The van der Waals surface area contributed by atoms with Gasteiger partial charge in [0.2, 0.25) is 11.5 Å². The molecular weight excluding hydrogens is 386 g/mol. The minimum absolute atomic E-state index is 0.0225. The average molecular weight is 403 g/mol. The van der Waals surface area contributed by atoms with Gasteiger partial charge in [-0.15, -0.1) is 0 Å². The van der Waals surface area contributed by atoms with E-state index in [0.717, 1.165) is 6.92 Å². The summed E-state index contributed by atoms with van der Waals surface area (Å²) in [5.74, 6) is -1.58. The predicted molar refractivity (Wildman–Crippen MR) is 101 cm³/mol. The van der Waals surface area contributed by atoms with Gasteiger partial charge >= 0.3 is 5.97 Å². The number of anilines is 1. The maximum absolute atomic E-state index is 12.6. The number of rotatable bonds is 6. The van der Waals surface area contributed by atoms with Gasteiger partial charge in [0.25, 0.3) is 15.9 Å². The van der Waals surface area contributed by atoms with Gasteiger partial charge in [-0.05, 0) is 36.4 Å². The van der Waals surface area contributed by atoms with E-state index in [9.17, 15) is 18.3 Å². The fraction of sp³-hybridized carbons (Fsp3) is 0.105. The number of ether oxygens (including phenoxy) is 2. The van der Waals surface area contributed by atoms with Gasteiger partial charge in [-0.25, -0.2) is 13.1 Å². The third kappa shape index (κ3) is 3.94. The molecule has 3 rings (SSSR count). The second-order valence-corrected chi connectivity index (χ2v) is 7.36. The van der Waals surface area contributed by atoms with Crippen molar-refractivity contribution < 1.29 is 32.2 Å². The summed E-state index contributed by atoms with van der Waals surface area (Å²) in [5, 5.41) is 10.5. The van der Waals surface area contributed by atoms with Crippen molar-refractivity contribution in [1.29, 1.82) is 0 Å². The Balaban J connectivity index is 2.05. The lowest BCUT2D eigenvalue weighted by Gasteiger charge is -2.07. The van der Waals surface area contributed by atoms with Gasteiger partial charge in [-0.3, -0.25) is 4.79 Å². The lowest BCUT2D eigenvalue weighted by atomic mass is 10.1. The van der Waals surface area contributed by atoms with Crippen molar-refractivity contribution in [2.75, 3.05) is 11.8 Å². The highest BCUT2D eigenvalue weighted by Gasteiger charge is 2.28. The van der Waals surface area contributed by atoms with Crippen LogP contribution < -0.4 is 14.2 Å². The molecule has 0 aliphatic rings. The van der Waals surface area contributed by atoms with Crippen LogP contribution in [0.4, 0.5) is 5.88 Å². The van der Waals surface area contributed by atoms with Crippen LogP contribution in [-0.4, -0.2) is 26.6 Å². The molecule has 0 fully saturated rings. The van der Waals surface area contributed by atoms with Gasteiger partial charge in [0, 0.05) is 12.5 Å². The average Bonchev–Trinajstić information content (AvgIpc) is 2.97. The Hall–Kier alpha value is -3.46. The molecule has 2 aromatic carbocycles. The Kier molecular flexibility index (Phi) is 5.27. The van der Waals surface area contributed by atoms with E-state index in [-0.39, 0.29) is 10.7 Å². The number of carbonyl (C=O) groups excluding carboxylic acids is 1. The second-order valence-electron chi connectivity index (χ2n) is 5.68. The molecule has 1 aromatic heterocycles. The van der Waals surface area contributed by atoms with Crippen molar-refractivity contribution >= 4 is 21.9 Å². The summed E-state index contributed by atoms with van der Waals surface area (Å²) in [6.45, 7) is 1.12. The minimum Gasteiger partial charge on any atom is -0.502 e. The number of nitrogens with one attached hydrogen (secondary N) is 1. The largest absolute Gasteiger partial charge is 0.502 e. The summed E-state index contributed by atoms with van der Waals surface area (Å²) >= 11 is 0. The third-order valence-corrected chi connectivity index (χ3v) is 5.07. The van der Waals surface area contributed by atoms with Crippen LogP contribution in [0.25, 0.3) is 11.3 Å². The van der Waals surface area contributed by atoms with E-state index >= 15 is 0 Å². The Morgan fingerprint density at radius 1 is 1.07 bits per heavy atom. The second kappa shape index (κ2) is 7.65. The zero-order chi connectivity index (χ0) is 20.3. The van der Waals surface area contributed by atoms with Crippen LogP contribution in [-0.2, 0) is 14.8 Å². The molecule has 0 saturated carbocycles. The zero-order valence-corrected chi connectivity index (χ0v) is 15.8. The SMILES string of the molecule is COc1ccc(-c2oc(NS(=O)(=O)c3ccccc3)c(OC(C)=O)c2O)cc1. The normalized spacial score (nSPS) is 11.1. The monoisotopic (exact) mass is 403 g/mol. The highest BCUT2D eigenvalue weighted by Crippen LogP contribution is 2.47. The summed E-state index contributed by atoms with van der Waals surface area (Å²) in [7, 11) is -2.53. The van der Waals surface area contributed by atoms with E-state index in [0.29, 0.717) is 11.3 Å². The molecule has 0 aliphatic heterocycles. The van der Waals surface area contributed by atoms with Crippen LogP contribution in [0.5, 0.6) is 17.2 Å². The highest BCUT2D eigenvalue weighted by molar-refractivity contribution is 7.92. The molecule has 0 saturated heterocycles. The van der Waals surface area contributed by atoms with Crippen molar-refractivity contribution in [3.05, 3.63) is 54.6 Å². The molecule has 0 amide bonds. The molecule has 0 unspecified atom stereocenters. The lowest BCUT2D eigenvalue weighted by Crippen LogP contribution is -2.13. The van der Waals surface area contributed by atoms with E-state index < -0.39 is 33.4 Å². The van der Waals surface area contributed by atoms with Crippen LogP contribution in [0.15, 0.2) is 63.9 Å². The van der Waals surface area contributed by atoms with Crippen molar-refractivity contribution in [2.24, 2.45) is 0 Å². The fourth-order valence-electron chi connectivity index (χ4n) is 2.43. The smallest absolute Gasteiger partial charge is 0.308 e. The summed E-state index contributed by atoms with van der Waals surface area (Å²) in [6, 6.07) is 14.0. The molecular formula is C19H17NO7S. The summed E-state index contributed by atoms with van der Waals surface area (Å²) in [4.78, 5) is 11.4. The van der Waals surface area contributed by atoms with E-state index in [1.54, 1.807) is 42.5 Å². The first-order valence-electron chi connectivity index (χ1n) is 8.08. The van der Waals surface area contributed by atoms with Crippen LogP contribution in [0.1, 0.15) is 6.92 Å². The number of hydrogen-bond donors (Lipinski definition) is 2. The van der Waals surface area contributed by atoms with Crippen LogP contribution in [0, 0.1) is 0 Å². The predicted octanol–water partition coefficient (Wildman–Crippen LogP) is 3.39. The van der Waals surface area contributed by atoms with Gasteiger partial charge in [0.15, 0.2) is 5.76 Å². The first-order valence-corrected chi connectivity index (χ1v) is 9.56. The van der Waals surface area contributed by atoms with E-state index in [4.69, 9.17) is 13.9 Å². The number of furan rings is 1. The number of sulfonamides is 1. The minimum atomic E-state index is -4.03. The van der Waals surface area contributed by atoms with Gasteiger partial charge in [0.05, 0.1) is 12.0 Å². The topological polar surface area (TPSA) is 115 Å². The number of aromatic hydroxyl groups is 1. The molecule has 2 N–H and O–H groups in total.